The first-order chi connectivity index (χ1) is 9.20. The lowest BCUT2D eigenvalue weighted by Crippen LogP contribution is -2.48. The third-order valence-electron chi connectivity index (χ3n) is 5.81. The van der Waals surface area contributed by atoms with E-state index in [4.69, 9.17) is 0 Å². The highest BCUT2D eigenvalue weighted by atomic mass is 16.3. The SMILES string of the molecule is O=Cc1c(O)cccc1C12CC3CC(CC(C3)C1)C2. The van der Waals surface area contributed by atoms with E-state index < -0.39 is 0 Å². The number of phenolic OH excluding ortho intramolecular Hbond substituents is 1. The largest absolute Gasteiger partial charge is 0.507 e. The standard InChI is InChI=1S/C17H20O2/c18-10-14-15(2-1-3-16(14)19)17-7-11-4-12(8-17)6-13(5-11)9-17/h1-3,10-13,19H,4-9H2. The van der Waals surface area contributed by atoms with Gasteiger partial charge in [0.25, 0.3) is 0 Å². The molecule has 100 valence electrons. The summed E-state index contributed by atoms with van der Waals surface area (Å²) in [7, 11) is 0. The first-order valence-electron chi connectivity index (χ1n) is 7.48. The number of benzene rings is 1. The molecule has 0 spiro atoms. The number of aldehydes is 1. The molecular weight excluding hydrogens is 236 g/mol. The van der Waals surface area contributed by atoms with Crippen LogP contribution in [0.3, 0.4) is 0 Å². The van der Waals surface area contributed by atoms with Gasteiger partial charge in [-0.05, 0) is 73.3 Å². The Balaban J connectivity index is 1.84. The molecule has 4 aliphatic carbocycles. The molecule has 1 aromatic rings. The van der Waals surface area contributed by atoms with Gasteiger partial charge in [0.15, 0.2) is 6.29 Å². The molecule has 4 bridgehead atoms. The monoisotopic (exact) mass is 256 g/mol. The molecule has 19 heavy (non-hydrogen) atoms. The van der Waals surface area contributed by atoms with Crippen LogP contribution < -0.4 is 0 Å². The lowest BCUT2D eigenvalue weighted by molar-refractivity contribution is -0.00552. The Morgan fingerprint density at radius 3 is 2.16 bits per heavy atom. The predicted molar refractivity (Wildman–Crippen MR) is 73.3 cm³/mol. The summed E-state index contributed by atoms with van der Waals surface area (Å²) in [5, 5.41) is 9.96. The Kier molecular flexibility index (Phi) is 2.33. The maximum Gasteiger partial charge on any atom is 0.154 e. The van der Waals surface area contributed by atoms with E-state index in [1.165, 1.54) is 38.5 Å². The third-order valence-corrected chi connectivity index (χ3v) is 5.81. The van der Waals surface area contributed by atoms with Gasteiger partial charge in [-0.1, -0.05) is 12.1 Å². The first-order valence-corrected chi connectivity index (χ1v) is 7.48. The number of phenols is 1. The van der Waals surface area contributed by atoms with E-state index in [9.17, 15) is 9.90 Å². The molecule has 1 N–H and O–H groups in total. The number of carbonyl (C=O) groups is 1. The minimum absolute atomic E-state index is 0.156. The van der Waals surface area contributed by atoms with Gasteiger partial charge in [0.2, 0.25) is 0 Å². The molecule has 4 aliphatic rings. The van der Waals surface area contributed by atoms with Crippen molar-refractivity contribution < 1.29 is 9.90 Å². The predicted octanol–water partition coefficient (Wildman–Crippen LogP) is 3.67. The molecule has 2 heteroatoms. The molecule has 0 saturated heterocycles. The summed E-state index contributed by atoms with van der Waals surface area (Å²) in [5.74, 6) is 2.72. The van der Waals surface area contributed by atoms with Crippen molar-refractivity contribution in [2.45, 2.75) is 43.9 Å². The highest BCUT2D eigenvalue weighted by Crippen LogP contribution is 2.61. The number of carbonyl (C=O) groups excluding carboxylic acids is 1. The van der Waals surface area contributed by atoms with Crippen LogP contribution in [0.15, 0.2) is 18.2 Å². The zero-order valence-electron chi connectivity index (χ0n) is 11.1. The van der Waals surface area contributed by atoms with E-state index in [-0.39, 0.29) is 11.2 Å². The van der Waals surface area contributed by atoms with Gasteiger partial charge < -0.3 is 5.11 Å². The number of rotatable bonds is 2. The minimum Gasteiger partial charge on any atom is -0.507 e. The molecule has 0 heterocycles. The summed E-state index contributed by atoms with van der Waals surface area (Å²) in [5.41, 5.74) is 1.86. The molecule has 5 rings (SSSR count). The van der Waals surface area contributed by atoms with Crippen molar-refractivity contribution >= 4 is 6.29 Å². The topological polar surface area (TPSA) is 37.3 Å². The van der Waals surface area contributed by atoms with Crippen LogP contribution in [0.4, 0.5) is 0 Å². The number of hydrogen-bond donors (Lipinski definition) is 1. The molecule has 0 unspecified atom stereocenters. The molecule has 2 nitrogen and oxygen atoms in total. The van der Waals surface area contributed by atoms with Crippen molar-refractivity contribution in [2.75, 3.05) is 0 Å². The van der Waals surface area contributed by atoms with Gasteiger partial charge in [-0.15, -0.1) is 0 Å². The summed E-state index contributed by atoms with van der Waals surface area (Å²) in [4.78, 5) is 11.4. The second kappa shape index (κ2) is 3.84. The Labute approximate surface area is 113 Å². The van der Waals surface area contributed by atoms with Crippen LogP contribution in [0.1, 0.15) is 54.4 Å². The molecule has 4 saturated carbocycles. The van der Waals surface area contributed by atoms with E-state index in [1.807, 2.05) is 6.07 Å². The third kappa shape index (κ3) is 1.58. The summed E-state index contributed by atoms with van der Waals surface area (Å²) >= 11 is 0. The van der Waals surface area contributed by atoms with Gasteiger partial charge in [0.1, 0.15) is 5.75 Å². The summed E-state index contributed by atoms with van der Waals surface area (Å²) < 4.78 is 0. The summed E-state index contributed by atoms with van der Waals surface area (Å²) in [6.45, 7) is 0. The zero-order chi connectivity index (χ0) is 13.0. The van der Waals surface area contributed by atoms with Crippen molar-refractivity contribution in [1.82, 2.24) is 0 Å². The molecule has 4 fully saturated rings. The Morgan fingerprint density at radius 1 is 1.05 bits per heavy atom. The van der Waals surface area contributed by atoms with Crippen molar-refractivity contribution in [3.8, 4) is 5.75 Å². The van der Waals surface area contributed by atoms with Crippen LogP contribution >= 0.6 is 0 Å². The first kappa shape index (κ1) is 11.5. The Morgan fingerprint density at radius 2 is 1.63 bits per heavy atom. The maximum absolute atomic E-state index is 11.4. The van der Waals surface area contributed by atoms with Crippen LogP contribution in [-0.4, -0.2) is 11.4 Å². The minimum atomic E-state index is 0.156. The highest BCUT2D eigenvalue weighted by Gasteiger charge is 2.52. The molecule has 0 radical (unpaired) electrons. The average Bonchev–Trinajstić information content (AvgIpc) is 2.36. The van der Waals surface area contributed by atoms with Gasteiger partial charge in [0.05, 0.1) is 5.56 Å². The quantitative estimate of drug-likeness (QED) is 0.820. The molecule has 0 atom stereocenters. The second-order valence-electron chi connectivity index (χ2n) is 7.05. The van der Waals surface area contributed by atoms with Crippen molar-refractivity contribution in [1.29, 1.82) is 0 Å². The van der Waals surface area contributed by atoms with Gasteiger partial charge in [-0.3, -0.25) is 4.79 Å². The van der Waals surface area contributed by atoms with Gasteiger partial charge in [-0.25, -0.2) is 0 Å². The maximum atomic E-state index is 11.4. The van der Waals surface area contributed by atoms with Crippen LogP contribution in [0, 0.1) is 17.8 Å². The van der Waals surface area contributed by atoms with Crippen molar-refractivity contribution in [3.63, 3.8) is 0 Å². The fraction of sp³-hybridized carbons (Fsp3) is 0.588. The molecule has 0 amide bonds. The van der Waals surface area contributed by atoms with Crippen LogP contribution in [0.5, 0.6) is 5.75 Å². The molecular formula is C17H20O2. The van der Waals surface area contributed by atoms with Gasteiger partial charge in [0, 0.05) is 0 Å². The zero-order valence-corrected chi connectivity index (χ0v) is 11.1. The molecule has 1 aromatic carbocycles. The van der Waals surface area contributed by atoms with Gasteiger partial charge in [-0.2, -0.15) is 0 Å². The van der Waals surface area contributed by atoms with Crippen molar-refractivity contribution in [3.05, 3.63) is 29.3 Å². The second-order valence-corrected chi connectivity index (χ2v) is 7.05. The lowest BCUT2D eigenvalue weighted by Gasteiger charge is -2.57. The lowest BCUT2D eigenvalue weighted by atomic mass is 9.47. The van der Waals surface area contributed by atoms with Crippen LogP contribution in [0.25, 0.3) is 0 Å². The van der Waals surface area contributed by atoms with Gasteiger partial charge >= 0.3 is 0 Å². The highest BCUT2D eigenvalue weighted by molar-refractivity contribution is 5.82. The van der Waals surface area contributed by atoms with E-state index in [0.29, 0.717) is 5.56 Å². The number of hydrogen-bond acceptors (Lipinski definition) is 2. The Bertz CT molecular complexity index is 497. The fourth-order valence-corrected chi connectivity index (χ4v) is 5.58. The van der Waals surface area contributed by atoms with Crippen molar-refractivity contribution in [2.24, 2.45) is 17.8 Å². The summed E-state index contributed by atoms with van der Waals surface area (Å²) in [6, 6.07) is 5.61. The average molecular weight is 256 g/mol. The smallest absolute Gasteiger partial charge is 0.154 e. The van der Waals surface area contributed by atoms with E-state index in [1.54, 1.807) is 6.07 Å². The fourth-order valence-electron chi connectivity index (χ4n) is 5.58. The van der Waals surface area contributed by atoms with E-state index in [2.05, 4.69) is 6.07 Å². The number of aromatic hydroxyl groups is 1. The summed E-state index contributed by atoms with van der Waals surface area (Å²) in [6.07, 6.45) is 8.72. The normalized spacial score (nSPS) is 39.5. The molecule has 0 aliphatic heterocycles. The van der Waals surface area contributed by atoms with E-state index >= 15 is 0 Å². The molecule has 0 aromatic heterocycles. The van der Waals surface area contributed by atoms with E-state index in [0.717, 1.165) is 29.6 Å². The van der Waals surface area contributed by atoms with Crippen LogP contribution in [-0.2, 0) is 5.41 Å². The van der Waals surface area contributed by atoms with Crippen LogP contribution in [0.2, 0.25) is 0 Å². The Hall–Kier alpha value is -1.31.